The zero-order valence-corrected chi connectivity index (χ0v) is 23.1. The third-order valence-corrected chi connectivity index (χ3v) is 6.03. The molecule has 0 aliphatic carbocycles. The molecule has 0 unspecified atom stereocenters. The number of rotatable bonds is 14. The lowest BCUT2D eigenvalue weighted by molar-refractivity contribution is 0.0686. The number of nitrogens with zero attached hydrogens (tertiary/aromatic N) is 6. The van der Waals surface area contributed by atoms with Crippen LogP contribution < -0.4 is 20.9 Å². The molecule has 2 heterocycles. The number of halogens is 1. The summed E-state index contributed by atoms with van der Waals surface area (Å²) in [5.74, 6) is -2.32. The number of aromatic carboxylic acids is 2. The van der Waals surface area contributed by atoms with E-state index in [0.29, 0.717) is 36.4 Å². The Hall–Kier alpha value is -5.84. The molecule has 0 fully saturated rings. The first-order valence-corrected chi connectivity index (χ1v) is 13.3. The molecule has 0 bridgehead atoms. The van der Waals surface area contributed by atoms with E-state index in [2.05, 4.69) is 42.0 Å². The number of hydrogen-bond acceptors (Lipinski definition) is 11. The van der Waals surface area contributed by atoms with E-state index in [-0.39, 0.29) is 41.2 Å². The lowest BCUT2D eigenvalue weighted by atomic mass is 10.2. The van der Waals surface area contributed by atoms with Crippen LogP contribution in [0.4, 0.5) is 39.3 Å². The predicted octanol–water partition coefficient (Wildman–Crippen LogP) is 4.88. The van der Waals surface area contributed by atoms with Gasteiger partial charge < -0.3 is 31.1 Å². The Morgan fingerprint density at radius 3 is 2.35 bits per heavy atom. The molecule has 5 N–H and O–H groups in total. The van der Waals surface area contributed by atoms with E-state index < -0.39 is 17.8 Å². The maximum absolute atomic E-state index is 13.6. The van der Waals surface area contributed by atoms with Gasteiger partial charge in [-0.3, -0.25) is 0 Å². The summed E-state index contributed by atoms with van der Waals surface area (Å²) in [4.78, 5) is 42.3. The van der Waals surface area contributed by atoms with E-state index >= 15 is 0 Å². The van der Waals surface area contributed by atoms with E-state index in [4.69, 9.17) is 0 Å². The second-order valence-electron chi connectivity index (χ2n) is 9.15. The van der Waals surface area contributed by atoms with Crippen molar-refractivity contribution < 1.29 is 24.2 Å². The zero-order valence-electron chi connectivity index (χ0n) is 23.1. The van der Waals surface area contributed by atoms with Gasteiger partial charge in [-0.2, -0.15) is 15.2 Å². The lowest BCUT2D eigenvalue weighted by Crippen LogP contribution is -2.24. The van der Waals surface area contributed by atoms with Crippen molar-refractivity contribution in [2.75, 3.05) is 40.5 Å². The zero-order chi connectivity index (χ0) is 30.8. The third-order valence-electron chi connectivity index (χ3n) is 6.03. The molecule has 0 radical (unpaired) electrons. The average Bonchev–Trinajstić information content (AvgIpc) is 3.00. The summed E-state index contributed by atoms with van der Waals surface area (Å²) in [6.07, 6.45) is 3.56. The van der Waals surface area contributed by atoms with Crippen LogP contribution in [-0.4, -0.2) is 61.7 Å². The van der Waals surface area contributed by atoms with Crippen LogP contribution in [0.3, 0.4) is 0 Å². The molecular formula is C29H28FN9O4. The van der Waals surface area contributed by atoms with Gasteiger partial charge in [0, 0.05) is 43.4 Å². The summed E-state index contributed by atoms with van der Waals surface area (Å²) in [6, 6.07) is 14.6. The van der Waals surface area contributed by atoms with Gasteiger partial charge in [-0.25, -0.2) is 23.9 Å². The van der Waals surface area contributed by atoms with Crippen LogP contribution in [-0.2, 0) is 0 Å². The smallest absolute Gasteiger partial charge is 0.341 e. The molecule has 14 heteroatoms. The second kappa shape index (κ2) is 14.2. The average molecular weight is 586 g/mol. The molecule has 220 valence electrons. The number of carboxylic acid groups (broad SMARTS) is 2. The molecule has 13 nitrogen and oxygen atoms in total. The number of aromatic nitrogens is 4. The van der Waals surface area contributed by atoms with Crippen molar-refractivity contribution in [1.82, 2.24) is 19.9 Å². The molecule has 0 spiro atoms. The summed E-state index contributed by atoms with van der Waals surface area (Å²) in [5.41, 5.74) is 1.20. The number of benzene rings is 2. The lowest BCUT2D eigenvalue weighted by Gasteiger charge is -2.24. The summed E-state index contributed by atoms with van der Waals surface area (Å²) in [7, 11) is 0. The Labute approximate surface area is 246 Å². The van der Waals surface area contributed by atoms with Gasteiger partial charge in [0.1, 0.15) is 28.6 Å². The van der Waals surface area contributed by atoms with Gasteiger partial charge in [0.05, 0.1) is 11.6 Å². The van der Waals surface area contributed by atoms with Crippen molar-refractivity contribution in [3.63, 3.8) is 0 Å². The maximum Gasteiger partial charge on any atom is 0.341 e. The van der Waals surface area contributed by atoms with E-state index in [9.17, 15) is 29.5 Å². The van der Waals surface area contributed by atoms with Crippen LogP contribution in [0.15, 0.2) is 60.9 Å². The van der Waals surface area contributed by atoms with Crippen LogP contribution in [0.1, 0.15) is 46.0 Å². The molecule has 0 aliphatic heterocycles. The van der Waals surface area contributed by atoms with Crippen LogP contribution in [0, 0.1) is 17.1 Å². The van der Waals surface area contributed by atoms with E-state index in [1.165, 1.54) is 24.4 Å². The van der Waals surface area contributed by atoms with Crippen molar-refractivity contribution in [2.45, 2.75) is 19.8 Å². The highest BCUT2D eigenvalue weighted by molar-refractivity contribution is 5.93. The van der Waals surface area contributed by atoms with E-state index in [0.717, 1.165) is 12.6 Å². The topological polar surface area (TPSA) is 189 Å². The minimum atomic E-state index is -1.23. The van der Waals surface area contributed by atoms with Crippen LogP contribution in [0.2, 0.25) is 0 Å². The monoisotopic (exact) mass is 585 g/mol. The molecule has 0 saturated carbocycles. The molecule has 0 aliphatic rings. The van der Waals surface area contributed by atoms with Crippen molar-refractivity contribution >= 4 is 46.8 Å². The molecule has 0 atom stereocenters. The highest BCUT2D eigenvalue weighted by atomic mass is 19.1. The molecular weight excluding hydrogens is 557 g/mol. The number of carboxylic acids is 2. The predicted molar refractivity (Wildman–Crippen MR) is 158 cm³/mol. The number of nitriles is 1. The molecule has 2 aromatic carbocycles. The Morgan fingerprint density at radius 1 is 0.953 bits per heavy atom. The van der Waals surface area contributed by atoms with Crippen LogP contribution >= 0.6 is 0 Å². The van der Waals surface area contributed by atoms with Crippen molar-refractivity contribution in [1.29, 1.82) is 5.26 Å². The fourth-order valence-electron chi connectivity index (χ4n) is 4.00. The first-order valence-electron chi connectivity index (χ1n) is 13.3. The summed E-state index contributed by atoms with van der Waals surface area (Å²) in [6.45, 7) is 3.02. The molecule has 0 saturated heterocycles. The Morgan fingerprint density at radius 2 is 1.65 bits per heavy atom. The van der Waals surface area contributed by atoms with Gasteiger partial charge in [0.25, 0.3) is 0 Å². The number of nitrogens with one attached hydrogen (secondary N) is 3. The molecule has 4 aromatic rings. The summed E-state index contributed by atoms with van der Waals surface area (Å²) < 4.78 is 13.6. The molecule has 0 amide bonds. The minimum absolute atomic E-state index is 0.0625. The molecule has 4 rings (SSSR count). The highest BCUT2D eigenvalue weighted by Crippen LogP contribution is 2.26. The highest BCUT2D eigenvalue weighted by Gasteiger charge is 2.19. The van der Waals surface area contributed by atoms with Crippen LogP contribution in [0.25, 0.3) is 0 Å². The largest absolute Gasteiger partial charge is 0.477 e. The van der Waals surface area contributed by atoms with Crippen LogP contribution in [0.5, 0.6) is 0 Å². The quantitative estimate of drug-likeness (QED) is 0.126. The Kier molecular flexibility index (Phi) is 9.93. The Bertz CT molecular complexity index is 1660. The van der Waals surface area contributed by atoms with Gasteiger partial charge in [0.15, 0.2) is 0 Å². The fraction of sp³-hybridized carbons (Fsp3) is 0.207. The molecule has 43 heavy (non-hydrogen) atoms. The second-order valence-corrected chi connectivity index (χ2v) is 9.15. The first kappa shape index (κ1) is 30.1. The number of hydrogen-bond donors (Lipinski definition) is 5. The van der Waals surface area contributed by atoms with Crippen molar-refractivity contribution in [3.05, 3.63) is 83.4 Å². The van der Waals surface area contributed by atoms with E-state index in [1.54, 1.807) is 35.2 Å². The summed E-state index contributed by atoms with van der Waals surface area (Å²) >= 11 is 0. The van der Waals surface area contributed by atoms with Gasteiger partial charge >= 0.3 is 11.9 Å². The van der Waals surface area contributed by atoms with Gasteiger partial charge in [-0.1, -0.05) is 19.1 Å². The minimum Gasteiger partial charge on any atom is -0.477 e. The molecule has 2 aromatic heterocycles. The van der Waals surface area contributed by atoms with Crippen molar-refractivity contribution in [3.8, 4) is 6.07 Å². The number of carbonyl (C=O) groups is 2. The number of anilines is 6. The van der Waals surface area contributed by atoms with Crippen molar-refractivity contribution in [2.24, 2.45) is 0 Å². The first-order chi connectivity index (χ1) is 20.8. The third kappa shape index (κ3) is 7.88. The van der Waals surface area contributed by atoms with Gasteiger partial charge in [-0.05, 0) is 49.2 Å². The normalized spacial score (nSPS) is 10.4. The maximum atomic E-state index is 13.6. The SMILES string of the molecule is CCCNc1nc(N(CCCNc2nc(Nc3cccc(F)c3)ncc2C(=O)O)c2cccc(C#N)c2)ncc1C(=O)O. The van der Waals surface area contributed by atoms with E-state index in [1.807, 2.05) is 6.92 Å². The standard InChI is InChI=1S/C29H28FN9O4/c1-2-10-32-25-23(27(42)43)17-35-29(38-25)39(21-9-3-6-18(13-21)15-31)12-5-11-33-24-22(26(40)41)16-34-28(37-24)36-20-8-4-7-19(30)14-20/h3-4,6-9,13-14,16-17H,2,5,10-12H2,1H3,(H,40,41)(H,42,43)(H,32,35,38)(H2,33,34,36,37). The van der Waals surface area contributed by atoms with Gasteiger partial charge in [-0.15, -0.1) is 0 Å². The Balaban J connectivity index is 1.55. The summed E-state index contributed by atoms with van der Waals surface area (Å²) in [5, 5.41) is 37.5. The fourth-order valence-corrected chi connectivity index (χ4v) is 4.00. The van der Waals surface area contributed by atoms with Gasteiger partial charge in [0.2, 0.25) is 11.9 Å².